The van der Waals surface area contributed by atoms with Gasteiger partial charge in [0.25, 0.3) is 0 Å². The molecule has 0 amide bonds. The number of hydrogen-bond acceptors (Lipinski definition) is 4. The van der Waals surface area contributed by atoms with E-state index >= 15 is 0 Å². The lowest BCUT2D eigenvalue weighted by Crippen LogP contribution is -2.49. The van der Waals surface area contributed by atoms with Gasteiger partial charge in [-0.2, -0.15) is 0 Å². The summed E-state index contributed by atoms with van der Waals surface area (Å²) in [5.74, 6) is 0. The van der Waals surface area contributed by atoms with Crippen molar-refractivity contribution in [1.82, 2.24) is 4.90 Å². The van der Waals surface area contributed by atoms with E-state index in [1.165, 1.54) is 11.1 Å². The zero-order valence-electron chi connectivity index (χ0n) is 17.1. The largest absolute Gasteiger partial charge is 0.365 e. The standard InChI is InChI=1S/C26H23ClN2OS/c27-21-11-12-24-22(17-21)26(30)23(18-31-24)28-13-15-29(16-14-28)25(19-7-3-1-4-8-19)20-9-5-2-6-10-20/h1-12,17-18,25H,13-16H2. The van der Waals surface area contributed by atoms with Crippen LogP contribution in [0.3, 0.4) is 0 Å². The number of rotatable bonds is 4. The maximum absolute atomic E-state index is 13.1. The zero-order chi connectivity index (χ0) is 21.2. The highest BCUT2D eigenvalue weighted by Gasteiger charge is 2.27. The van der Waals surface area contributed by atoms with Crippen LogP contribution in [0.25, 0.3) is 10.1 Å². The summed E-state index contributed by atoms with van der Waals surface area (Å²) < 4.78 is 0.977. The average molecular weight is 447 g/mol. The molecule has 3 aromatic carbocycles. The van der Waals surface area contributed by atoms with Crippen molar-refractivity contribution >= 4 is 38.7 Å². The minimum absolute atomic E-state index is 0.0763. The van der Waals surface area contributed by atoms with Crippen LogP contribution in [0, 0.1) is 0 Å². The smallest absolute Gasteiger partial charge is 0.211 e. The summed E-state index contributed by atoms with van der Waals surface area (Å²) in [5.41, 5.74) is 3.46. The molecule has 5 rings (SSSR count). The van der Waals surface area contributed by atoms with Crippen molar-refractivity contribution in [2.24, 2.45) is 0 Å². The Morgan fingerprint density at radius 1 is 0.806 bits per heavy atom. The number of fused-ring (bicyclic) bond motifs is 1. The molecule has 2 heterocycles. The summed E-state index contributed by atoms with van der Waals surface area (Å²) >= 11 is 7.75. The monoisotopic (exact) mass is 446 g/mol. The Kier molecular flexibility index (Phi) is 5.77. The molecule has 0 N–H and O–H groups in total. The molecule has 1 fully saturated rings. The lowest BCUT2D eigenvalue weighted by Gasteiger charge is -2.40. The predicted octanol–water partition coefficient (Wildman–Crippen LogP) is 5.83. The molecule has 1 aliphatic rings. The van der Waals surface area contributed by atoms with Crippen LogP contribution in [0.4, 0.5) is 5.69 Å². The van der Waals surface area contributed by atoms with Gasteiger partial charge in [-0.05, 0) is 29.3 Å². The third-order valence-corrected chi connectivity index (χ3v) is 7.15. The van der Waals surface area contributed by atoms with Crippen LogP contribution in [0.2, 0.25) is 5.02 Å². The van der Waals surface area contributed by atoms with E-state index in [1.54, 1.807) is 17.4 Å². The van der Waals surface area contributed by atoms with Gasteiger partial charge in [0.05, 0.1) is 11.7 Å². The highest BCUT2D eigenvalue weighted by atomic mass is 35.5. The Balaban J connectivity index is 1.41. The summed E-state index contributed by atoms with van der Waals surface area (Å²) in [6.45, 7) is 3.44. The second kappa shape index (κ2) is 8.83. The fourth-order valence-corrected chi connectivity index (χ4v) is 5.51. The van der Waals surface area contributed by atoms with Crippen molar-refractivity contribution in [1.29, 1.82) is 0 Å². The van der Waals surface area contributed by atoms with Crippen LogP contribution in [0.1, 0.15) is 17.2 Å². The summed E-state index contributed by atoms with van der Waals surface area (Å²) in [7, 11) is 0. The quantitative estimate of drug-likeness (QED) is 0.394. The SMILES string of the molecule is O=c1c(N2CCN(C(c3ccccc3)c3ccccc3)CC2)csc2ccc(Cl)cc12. The highest BCUT2D eigenvalue weighted by Crippen LogP contribution is 2.31. The van der Waals surface area contributed by atoms with E-state index in [-0.39, 0.29) is 11.5 Å². The predicted molar refractivity (Wildman–Crippen MR) is 132 cm³/mol. The zero-order valence-corrected chi connectivity index (χ0v) is 18.6. The normalized spacial score (nSPS) is 15.0. The Bertz CT molecular complexity index is 1200. The highest BCUT2D eigenvalue weighted by molar-refractivity contribution is 7.16. The number of halogens is 1. The Morgan fingerprint density at radius 2 is 1.42 bits per heavy atom. The third-order valence-electron chi connectivity index (χ3n) is 5.97. The Morgan fingerprint density at radius 3 is 2.03 bits per heavy atom. The van der Waals surface area contributed by atoms with Crippen LogP contribution in [-0.4, -0.2) is 31.1 Å². The van der Waals surface area contributed by atoms with Gasteiger partial charge in [-0.3, -0.25) is 9.69 Å². The summed E-state index contributed by atoms with van der Waals surface area (Å²) in [6.07, 6.45) is 0. The van der Waals surface area contributed by atoms with Crippen molar-refractivity contribution in [2.45, 2.75) is 6.04 Å². The number of anilines is 1. The van der Waals surface area contributed by atoms with Gasteiger partial charge in [-0.1, -0.05) is 72.3 Å². The fourth-order valence-electron chi connectivity index (χ4n) is 4.42. The molecular weight excluding hydrogens is 424 g/mol. The molecule has 31 heavy (non-hydrogen) atoms. The molecule has 1 aliphatic heterocycles. The van der Waals surface area contributed by atoms with E-state index in [1.807, 2.05) is 17.5 Å². The van der Waals surface area contributed by atoms with Crippen molar-refractivity contribution in [2.75, 3.05) is 31.1 Å². The van der Waals surface area contributed by atoms with Gasteiger partial charge in [-0.25, -0.2) is 0 Å². The second-order valence-corrected chi connectivity index (χ2v) is 9.19. The summed E-state index contributed by atoms with van der Waals surface area (Å²) in [4.78, 5) is 17.9. The number of piperazine rings is 1. The van der Waals surface area contributed by atoms with Crippen molar-refractivity contribution in [3.8, 4) is 0 Å². The first-order valence-electron chi connectivity index (χ1n) is 10.5. The van der Waals surface area contributed by atoms with Gasteiger partial charge in [-0.15, -0.1) is 11.3 Å². The number of nitrogens with zero attached hydrogens (tertiary/aromatic N) is 2. The van der Waals surface area contributed by atoms with Gasteiger partial charge in [0.15, 0.2) is 0 Å². The lowest BCUT2D eigenvalue weighted by atomic mass is 9.96. The van der Waals surface area contributed by atoms with Gasteiger partial charge in [0, 0.05) is 46.7 Å². The topological polar surface area (TPSA) is 23.6 Å². The number of benzene rings is 3. The maximum Gasteiger partial charge on any atom is 0.211 e. The molecule has 0 bridgehead atoms. The minimum Gasteiger partial charge on any atom is -0.365 e. The van der Waals surface area contributed by atoms with E-state index in [0.717, 1.165) is 36.6 Å². The van der Waals surface area contributed by atoms with E-state index in [0.29, 0.717) is 10.4 Å². The molecule has 1 saturated heterocycles. The van der Waals surface area contributed by atoms with E-state index in [9.17, 15) is 4.79 Å². The molecule has 0 aliphatic carbocycles. The number of hydrogen-bond donors (Lipinski definition) is 0. The molecule has 0 unspecified atom stereocenters. The van der Waals surface area contributed by atoms with Gasteiger partial charge >= 0.3 is 0 Å². The van der Waals surface area contributed by atoms with Gasteiger partial charge < -0.3 is 4.90 Å². The molecule has 0 spiro atoms. The molecule has 1 aromatic heterocycles. The van der Waals surface area contributed by atoms with Gasteiger partial charge in [0.1, 0.15) is 0 Å². The minimum atomic E-state index is 0.0763. The molecule has 3 nitrogen and oxygen atoms in total. The van der Waals surface area contributed by atoms with Crippen LogP contribution in [0.15, 0.2) is 89.0 Å². The van der Waals surface area contributed by atoms with Crippen LogP contribution >= 0.6 is 22.9 Å². The Labute approximate surface area is 191 Å². The van der Waals surface area contributed by atoms with Crippen molar-refractivity contribution in [3.63, 3.8) is 0 Å². The first-order chi connectivity index (χ1) is 15.2. The van der Waals surface area contributed by atoms with Crippen LogP contribution in [-0.2, 0) is 0 Å². The van der Waals surface area contributed by atoms with Crippen LogP contribution < -0.4 is 10.3 Å². The first-order valence-corrected chi connectivity index (χ1v) is 11.8. The molecule has 0 atom stereocenters. The summed E-state index contributed by atoms with van der Waals surface area (Å²) in [6, 6.07) is 27.1. The lowest BCUT2D eigenvalue weighted by molar-refractivity contribution is 0.212. The third kappa shape index (κ3) is 4.11. The Hall–Kier alpha value is -2.66. The second-order valence-electron chi connectivity index (χ2n) is 7.84. The van der Waals surface area contributed by atoms with Crippen LogP contribution in [0.5, 0.6) is 0 Å². The van der Waals surface area contributed by atoms with E-state index < -0.39 is 0 Å². The van der Waals surface area contributed by atoms with E-state index in [4.69, 9.17) is 11.6 Å². The molecule has 156 valence electrons. The molecule has 5 heteroatoms. The fraction of sp³-hybridized carbons (Fsp3) is 0.192. The van der Waals surface area contributed by atoms with Crippen molar-refractivity contribution < 1.29 is 0 Å². The molecule has 0 saturated carbocycles. The van der Waals surface area contributed by atoms with Gasteiger partial charge in [0.2, 0.25) is 5.43 Å². The molecule has 4 aromatic rings. The molecular formula is C26H23ClN2OS. The molecule has 0 radical (unpaired) electrons. The van der Waals surface area contributed by atoms with Crippen molar-refractivity contribution in [3.05, 3.63) is 111 Å². The maximum atomic E-state index is 13.1. The average Bonchev–Trinajstić information content (AvgIpc) is 2.82. The summed E-state index contributed by atoms with van der Waals surface area (Å²) in [5, 5.41) is 3.32. The first kappa shape index (κ1) is 20.3. The van der Waals surface area contributed by atoms with E-state index in [2.05, 4.69) is 70.5 Å².